The predicted octanol–water partition coefficient (Wildman–Crippen LogP) is 5.35. The summed E-state index contributed by atoms with van der Waals surface area (Å²) >= 11 is 12.0. The number of rotatable bonds is 5. The fraction of sp³-hybridized carbons (Fsp3) is 0.0500. The highest BCUT2D eigenvalue weighted by Gasteiger charge is 2.20. The van der Waals surface area contributed by atoms with E-state index < -0.39 is 15.9 Å². The van der Waals surface area contributed by atoms with E-state index >= 15 is 0 Å². The Morgan fingerprint density at radius 2 is 1.64 bits per heavy atom. The average Bonchev–Trinajstić information content (AvgIpc) is 2.65. The molecule has 3 aromatic rings. The molecule has 0 radical (unpaired) electrons. The third-order valence-electron chi connectivity index (χ3n) is 3.94. The maximum absolute atomic E-state index is 12.8. The Bertz CT molecular complexity index is 1130. The smallest absolute Gasteiger partial charge is 0.262 e. The van der Waals surface area contributed by atoms with Crippen LogP contribution in [0, 0.1) is 6.92 Å². The zero-order chi connectivity index (χ0) is 20.3. The number of carbonyl (C=O) groups excluding carboxylic acids is 1. The van der Waals surface area contributed by atoms with Gasteiger partial charge in [-0.25, -0.2) is 8.42 Å². The van der Waals surface area contributed by atoms with Crippen molar-refractivity contribution in [3.63, 3.8) is 0 Å². The van der Waals surface area contributed by atoms with E-state index in [0.29, 0.717) is 27.0 Å². The molecule has 3 aromatic carbocycles. The van der Waals surface area contributed by atoms with E-state index in [9.17, 15) is 13.2 Å². The van der Waals surface area contributed by atoms with Gasteiger partial charge in [0.25, 0.3) is 15.9 Å². The van der Waals surface area contributed by atoms with Crippen molar-refractivity contribution in [3.8, 4) is 0 Å². The minimum atomic E-state index is -3.86. The lowest BCUT2D eigenvalue weighted by Gasteiger charge is -2.13. The molecule has 0 heterocycles. The average molecular weight is 435 g/mol. The lowest BCUT2D eigenvalue weighted by atomic mass is 10.1. The number of hydrogen-bond acceptors (Lipinski definition) is 3. The highest BCUT2D eigenvalue weighted by Crippen LogP contribution is 2.27. The molecule has 0 atom stereocenters. The van der Waals surface area contributed by atoms with Gasteiger partial charge in [0.2, 0.25) is 0 Å². The van der Waals surface area contributed by atoms with E-state index in [1.165, 1.54) is 12.1 Å². The van der Waals surface area contributed by atoms with Crippen LogP contribution in [0.3, 0.4) is 0 Å². The molecule has 8 heteroatoms. The van der Waals surface area contributed by atoms with Gasteiger partial charge in [-0.15, -0.1) is 0 Å². The molecule has 0 aliphatic rings. The Hall–Kier alpha value is -2.54. The Morgan fingerprint density at radius 3 is 2.36 bits per heavy atom. The van der Waals surface area contributed by atoms with E-state index in [1.54, 1.807) is 61.5 Å². The molecule has 0 aromatic heterocycles. The van der Waals surface area contributed by atoms with Gasteiger partial charge in [-0.3, -0.25) is 9.52 Å². The van der Waals surface area contributed by atoms with Crippen LogP contribution in [0.5, 0.6) is 0 Å². The lowest BCUT2D eigenvalue weighted by Crippen LogP contribution is -2.17. The highest BCUT2D eigenvalue weighted by molar-refractivity contribution is 7.92. The van der Waals surface area contributed by atoms with Crippen LogP contribution in [0.4, 0.5) is 11.4 Å². The number of aryl methyl sites for hydroxylation is 1. The van der Waals surface area contributed by atoms with Crippen molar-refractivity contribution in [2.75, 3.05) is 10.0 Å². The second-order valence-electron chi connectivity index (χ2n) is 6.03. The van der Waals surface area contributed by atoms with Gasteiger partial charge in [-0.1, -0.05) is 47.5 Å². The molecular formula is C20H16Cl2N2O3S. The number of para-hydroxylation sites is 1. The van der Waals surface area contributed by atoms with E-state index in [2.05, 4.69) is 10.0 Å². The van der Waals surface area contributed by atoms with Gasteiger partial charge < -0.3 is 5.32 Å². The predicted molar refractivity (Wildman–Crippen MR) is 113 cm³/mol. The summed E-state index contributed by atoms with van der Waals surface area (Å²) in [5.41, 5.74) is 1.46. The van der Waals surface area contributed by atoms with E-state index in [1.807, 2.05) is 0 Å². The standard InChI is InChI=1S/C20H16Cl2N2O3S/c1-13-7-8-14(20(25)23-18-12-15(21)9-10-17(18)22)11-19(13)28(26,27)24-16-5-3-2-4-6-16/h2-12,24H,1H3,(H,23,25). The van der Waals surface area contributed by atoms with Crippen molar-refractivity contribution >= 4 is 50.5 Å². The maximum Gasteiger partial charge on any atom is 0.262 e. The summed E-state index contributed by atoms with van der Waals surface area (Å²) in [5.74, 6) is -0.500. The Morgan fingerprint density at radius 1 is 0.929 bits per heavy atom. The van der Waals surface area contributed by atoms with E-state index in [-0.39, 0.29) is 10.5 Å². The van der Waals surface area contributed by atoms with E-state index in [0.717, 1.165) is 0 Å². The second kappa shape index (κ2) is 8.22. The van der Waals surface area contributed by atoms with Crippen LogP contribution in [0.1, 0.15) is 15.9 Å². The lowest BCUT2D eigenvalue weighted by molar-refractivity contribution is 0.102. The van der Waals surface area contributed by atoms with Crippen LogP contribution in [0.25, 0.3) is 0 Å². The molecule has 0 saturated carbocycles. The minimum Gasteiger partial charge on any atom is -0.321 e. The fourth-order valence-electron chi connectivity index (χ4n) is 2.53. The maximum atomic E-state index is 12.8. The number of carbonyl (C=O) groups is 1. The molecule has 0 saturated heterocycles. The number of amides is 1. The van der Waals surface area contributed by atoms with Gasteiger partial charge in [-0.2, -0.15) is 0 Å². The van der Waals surface area contributed by atoms with E-state index in [4.69, 9.17) is 23.2 Å². The van der Waals surface area contributed by atoms with Crippen LogP contribution >= 0.6 is 23.2 Å². The first-order valence-corrected chi connectivity index (χ1v) is 10.4. The summed E-state index contributed by atoms with van der Waals surface area (Å²) in [6, 6.07) is 17.7. The molecule has 1 amide bonds. The number of anilines is 2. The molecule has 0 bridgehead atoms. The summed E-state index contributed by atoms with van der Waals surface area (Å²) in [7, 11) is -3.86. The van der Waals surface area contributed by atoms with Crippen molar-refractivity contribution in [2.24, 2.45) is 0 Å². The summed E-state index contributed by atoms with van der Waals surface area (Å²) in [5, 5.41) is 3.38. The summed E-state index contributed by atoms with van der Waals surface area (Å²) in [6.07, 6.45) is 0. The molecule has 0 fully saturated rings. The van der Waals surface area contributed by atoms with Crippen LogP contribution in [0.2, 0.25) is 10.0 Å². The molecule has 0 unspecified atom stereocenters. The van der Waals surface area contributed by atoms with Gasteiger partial charge in [0.15, 0.2) is 0 Å². The quantitative estimate of drug-likeness (QED) is 0.567. The third kappa shape index (κ3) is 4.65. The summed E-state index contributed by atoms with van der Waals surface area (Å²) < 4.78 is 28.1. The zero-order valence-corrected chi connectivity index (χ0v) is 17.1. The normalized spacial score (nSPS) is 11.1. The molecular weight excluding hydrogens is 419 g/mol. The van der Waals surface area contributed by atoms with Gasteiger partial charge in [0.05, 0.1) is 15.6 Å². The Balaban J connectivity index is 1.90. The van der Waals surface area contributed by atoms with Crippen LogP contribution in [-0.2, 0) is 10.0 Å². The largest absolute Gasteiger partial charge is 0.321 e. The Labute approximate surface area is 173 Å². The summed E-state index contributed by atoms with van der Waals surface area (Å²) in [6.45, 7) is 1.66. The SMILES string of the molecule is Cc1ccc(C(=O)Nc2cc(Cl)ccc2Cl)cc1S(=O)(=O)Nc1ccccc1. The third-order valence-corrected chi connectivity index (χ3v) is 6.03. The van der Waals surface area contributed by atoms with Gasteiger partial charge in [-0.05, 0) is 55.0 Å². The van der Waals surface area contributed by atoms with Crippen LogP contribution in [-0.4, -0.2) is 14.3 Å². The molecule has 28 heavy (non-hydrogen) atoms. The fourth-order valence-corrected chi connectivity index (χ4v) is 4.20. The van der Waals surface area contributed by atoms with Crippen molar-refractivity contribution in [1.29, 1.82) is 0 Å². The summed E-state index contributed by atoms with van der Waals surface area (Å²) in [4.78, 5) is 12.6. The number of halogens is 2. The van der Waals surface area contributed by atoms with Crippen molar-refractivity contribution < 1.29 is 13.2 Å². The molecule has 2 N–H and O–H groups in total. The number of nitrogens with one attached hydrogen (secondary N) is 2. The monoisotopic (exact) mass is 434 g/mol. The van der Waals surface area contributed by atoms with Gasteiger partial charge in [0, 0.05) is 16.3 Å². The topological polar surface area (TPSA) is 75.3 Å². The number of hydrogen-bond donors (Lipinski definition) is 2. The highest BCUT2D eigenvalue weighted by atomic mass is 35.5. The molecule has 0 spiro atoms. The van der Waals surface area contributed by atoms with Crippen molar-refractivity contribution in [3.05, 3.63) is 87.9 Å². The molecule has 0 aliphatic carbocycles. The number of sulfonamides is 1. The van der Waals surface area contributed by atoms with Crippen LogP contribution < -0.4 is 10.0 Å². The molecule has 144 valence electrons. The first-order chi connectivity index (χ1) is 13.3. The molecule has 5 nitrogen and oxygen atoms in total. The second-order valence-corrected chi connectivity index (χ2v) is 8.52. The minimum absolute atomic E-state index is 0.0150. The molecule has 0 aliphatic heterocycles. The van der Waals surface area contributed by atoms with Gasteiger partial charge in [0.1, 0.15) is 0 Å². The van der Waals surface area contributed by atoms with Crippen molar-refractivity contribution in [1.82, 2.24) is 0 Å². The Kier molecular flexibility index (Phi) is 5.93. The molecule has 3 rings (SSSR count). The van der Waals surface area contributed by atoms with Gasteiger partial charge >= 0.3 is 0 Å². The van der Waals surface area contributed by atoms with Crippen LogP contribution in [0.15, 0.2) is 71.6 Å². The number of benzene rings is 3. The first-order valence-electron chi connectivity index (χ1n) is 8.21. The van der Waals surface area contributed by atoms with Crippen molar-refractivity contribution in [2.45, 2.75) is 11.8 Å². The first kappa shape index (κ1) is 20.2. The zero-order valence-electron chi connectivity index (χ0n) is 14.7.